The molecule has 0 bridgehead atoms. The number of amides is 1. The molecule has 2 aromatic heterocycles. The van der Waals surface area contributed by atoms with E-state index in [0.29, 0.717) is 42.9 Å². The Hall–Kier alpha value is -2.51. The number of benzene rings is 1. The Bertz CT molecular complexity index is 879. The van der Waals surface area contributed by atoms with Crippen molar-refractivity contribution in [3.63, 3.8) is 0 Å². The van der Waals surface area contributed by atoms with Crippen molar-refractivity contribution >= 4 is 17.2 Å². The summed E-state index contributed by atoms with van der Waals surface area (Å²) in [7, 11) is 0. The molecule has 1 aromatic carbocycles. The van der Waals surface area contributed by atoms with Crippen LogP contribution in [0.25, 0.3) is 22.2 Å². The van der Waals surface area contributed by atoms with E-state index in [0.717, 1.165) is 10.4 Å². The number of hydrogen-bond donors (Lipinski definition) is 0. The van der Waals surface area contributed by atoms with Gasteiger partial charge in [0, 0.05) is 18.7 Å². The van der Waals surface area contributed by atoms with Crippen molar-refractivity contribution in [3.05, 3.63) is 46.8 Å². The fourth-order valence-corrected chi connectivity index (χ4v) is 3.53. The van der Waals surface area contributed by atoms with Crippen molar-refractivity contribution in [2.24, 2.45) is 0 Å². The first-order valence-corrected chi connectivity index (χ1v) is 8.90. The lowest BCUT2D eigenvalue weighted by Gasteiger charge is -2.26. The van der Waals surface area contributed by atoms with Gasteiger partial charge in [0.2, 0.25) is 5.82 Å². The van der Waals surface area contributed by atoms with Gasteiger partial charge in [-0.3, -0.25) is 4.79 Å². The molecule has 1 saturated heterocycles. The van der Waals surface area contributed by atoms with Crippen molar-refractivity contribution in [1.82, 2.24) is 15.0 Å². The Morgan fingerprint density at radius 3 is 2.64 bits per heavy atom. The summed E-state index contributed by atoms with van der Waals surface area (Å²) >= 11 is 1.38. The lowest BCUT2D eigenvalue weighted by molar-refractivity contribution is 0.0306. The molecule has 7 heteroatoms. The van der Waals surface area contributed by atoms with Crippen LogP contribution < -0.4 is 0 Å². The zero-order valence-electron chi connectivity index (χ0n) is 13.8. The molecular weight excluding hydrogens is 338 g/mol. The number of rotatable bonds is 3. The number of ether oxygens (including phenoxy) is 1. The predicted molar refractivity (Wildman–Crippen MR) is 94.5 cm³/mol. The van der Waals surface area contributed by atoms with Gasteiger partial charge in [-0.1, -0.05) is 22.9 Å². The van der Waals surface area contributed by atoms with Gasteiger partial charge in [0.1, 0.15) is 0 Å². The summed E-state index contributed by atoms with van der Waals surface area (Å²) in [5.74, 6) is 1.01. The second-order valence-electron chi connectivity index (χ2n) is 5.86. The first kappa shape index (κ1) is 16.0. The minimum Gasteiger partial charge on any atom is -0.378 e. The molecule has 0 N–H and O–H groups in total. The van der Waals surface area contributed by atoms with Crippen LogP contribution in [-0.2, 0) is 4.74 Å². The van der Waals surface area contributed by atoms with Gasteiger partial charge in [-0.25, -0.2) is 0 Å². The van der Waals surface area contributed by atoms with Crippen LogP contribution in [0.2, 0.25) is 0 Å². The highest BCUT2D eigenvalue weighted by atomic mass is 32.1. The van der Waals surface area contributed by atoms with Gasteiger partial charge in [-0.2, -0.15) is 4.98 Å². The monoisotopic (exact) mass is 355 g/mol. The van der Waals surface area contributed by atoms with Crippen LogP contribution in [0, 0.1) is 6.92 Å². The van der Waals surface area contributed by atoms with Crippen molar-refractivity contribution in [2.75, 3.05) is 26.3 Å². The fraction of sp³-hybridized carbons (Fsp3) is 0.278. The normalized spacial score (nSPS) is 14.7. The molecule has 4 rings (SSSR count). The molecule has 1 aliphatic rings. The molecule has 1 amide bonds. The van der Waals surface area contributed by atoms with E-state index in [4.69, 9.17) is 9.26 Å². The molecule has 0 saturated carbocycles. The van der Waals surface area contributed by atoms with Gasteiger partial charge < -0.3 is 14.2 Å². The maximum atomic E-state index is 12.5. The van der Waals surface area contributed by atoms with E-state index in [-0.39, 0.29) is 5.91 Å². The zero-order valence-corrected chi connectivity index (χ0v) is 14.6. The molecule has 1 aliphatic heterocycles. The Kier molecular flexibility index (Phi) is 4.33. The number of morpholine rings is 1. The van der Waals surface area contributed by atoms with Crippen molar-refractivity contribution < 1.29 is 14.1 Å². The summed E-state index contributed by atoms with van der Waals surface area (Å²) in [6.45, 7) is 4.48. The van der Waals surface area contributed by atoms with E-state index in [9.17, 15) is 4.79 Å². The number of nitrogens with zero attached hydrogens (tertiary/aromatic N) is 3. The number of aryl methyl sites for hydroxylation is 1. The molecule has 0 spiro atoms. The third-order valence-corrected chi connectivity index (χ3v) is 5.13. The van der Waals surface area contributed by atoms with E-state index in [2.05, 4.69) is 10.1 Å². The maximum Gasteiger partial charge on any atom is 0.264 e. The Labute approximate surface area is 149 Å². The van der Waals surface area contributed by atoms with Crippen molar-refractivity contribution in [1.29, 1.82) is 0 Å². The molecule has 0 radical (unpaired) electrons. The third-order valence-electron chi connectivity index (χ3n) is 4.06. The van der Waals surface area contributed by atoms with Gasteiger partial charge in [0.15, 0.2) is 0 Å². The average molecular weight is 355 g/mol. The van der Waals surface area contributed by atoms with Crippen LogP contribution in [0.5, 0.6) is 0 Å². The lowest BCUT2D eigenvalue weighted by atomic mass is 10.1. The Morgan fingerprint density at radius 2 is 1.88 bits per heavy atom. The minimum atomic E-state index is 0.0294. The summed E-state index contributed by atoms with van der Waals surface area (Å²) < 4.78 is 10.7. The van der Waals surface area contributed by atoms with Crippen LogP contribution in [0.4, 0.5) is 0 Å². The van der Waals surface area contributed by atoms with Gasteiger partial charge in [0.25, 0.3) is 11.8 Å². The molecule has 0 aliphatic carbocycles. The second kappa shape index (κ2) is 6.78. The number of thiophene rings is 1. The molecular formula is C18H17N3O3S. The minimum absolute atomic E-state index is 0.0294. The van der Waals surface area contributed by atoms with E-state index in [1.54, 1.807) is 0 Å². The van der Waals surface area contributed by atoms with E-state index >= 15 is 0 Å². The first-order chi connectivity index (χ1) is 12.2. The van der Waals surface area contributed by atoms with E-state index < -0.39 is 0 Å². The summed E-state index contributed by atoms with van der Waals surface area (Å²) in [5, 5.41) is 4.05. The smallest absolute Gasteiger partial charge is 0.264 e. The summed E-state index contributed by atoms with van der Waals surface area (Å²) in [6, 6.07) is 11.6. The quantitative estimate of drug-likeness (QED) is 0.721. The largest absolute Gasteiger partial charge is 0.378 e. The predicted octanol–water partition coefficient (Wildman–Crippen LogP) is 3.25. The number of carbonyl (C=O) groups excluding carboxylic acids is 1. The van der Waals surface area contributed by atoms with Crippen LogP contribution in [0.3, 0.4) is 0 Å². The Balaban J connectivity index is 1.54. The summed E-state index contributed by atoms with van der Waals surface area (Å²) in [6.07, 6.45) is 0. The topological polar surface area (TPSA) is 68.5 Å². The molecule has 1 fully saturated rings. The number of carbonyl (C=O) groups is 1. The highest BCUT2D eigenvalue weighted by molar-refractivity contribution is 7.17. The zero-order chi connectivity index (χ0) is 17.2. The van der Waals surface area contributed by atoms with Crippen molar-refractivity contribution in [2.45, 2.75) is 6.92 Å². The van der Waals surface area contributed by atoms with Crippen molar-refractivity contribution in [3.8, 4) is 22.2 Å². The number of hydrogen-bond acceptors (Lipinski definition) is 6. The van der Waals surface area contributed by atoms with Gasteiger partial charge in [0.05, 0.1) is 23.0 Å². The Morgan fingerprint density at radius 1 is 1.12 bits per heavy atom. The van der Waals surface area contributed by atoms with Crippen LogP contribution >= 0.6 is 11.3 Å². The third kappa shape index (κ3) is 3.33. The molecule has 3 heterocycles. The maximum absolute atomic E-state index is 12.5. The molecule has 25 heavy (non-hydrogen) atoms. The van der Waals surface area contributed by atoms with Gasteiger partial charge in [-0.15, -0.1) is 11.3 Å². The number of aromatic nitrogens is 2. The first-order valence-electron chi connectivity index (χ1n) is 8.09. The highest BCUT2D eigenvalue weighted by Crippen LogP contribution is 2.29. The van der Waals surface area contributed by atoms with Crippen LogP contribution in [0.15, 0.2) is 40.9 Å². The van der Waals surface area contributed by atoms with Crippen LogP contribution in [-0.4, -0.2) is 47.3 Å². The highest BCUT2D eigenvalue weighted by Gasteiger charge is 2.21. The molecule has 0 unspecified atom stereocenters. The average Bonchev–Trinajstić information content (AvgIpc) is 3.32. The molecule has 6 nitrogen and oxygen atoms in total. The van der Waals surface area contributed by atoms with Gasteiger partial charge in [-0.05, 0) is 31.2 Å². The standard InChI is InChI=1S/C18H17N3O3S/c1-12-2-4-13(5-3-12)17-19-16(20-24-17)14-6-7-15(25-14)18(22)21-8-10-23-11-9-21/h2-7H,8-11H2,1H3. The van der Waals surface area contributed by atoms with Gasteiger partial charge >= 0.3 is 0 Å². The second-order valence-corrected chi connectivity index (χ2v) is 6.94. The molecule has 0 atom stereocenters. The van der Waals surface area contributed by atoms with E-state index in [1.165, 1.54) is 16.9 Å². The van der Waals surface area contributed by atoms with E-state index in [1.807, 2.05) is 48.2 Å². The lowest BCUT2D eigenvalue weighted by Crippen LogP contribution is -2.40. The SMILES string of the molecule is Cc1ccc(-c2nc(-c3ccc(C(=O)N4CCOCC4)s3)no2)cc1. The fourth-order valence-electron chi connectivity index (χ4n) is 2.63. The molecule has 128 valence electrons. The van der Waals surface area contributed by atoms with Crippen LogP contribution in [0.1, 0.15) is 15.2 Å². The summed E-state index contributed by atoms with van der Waals surface area (Å²) in [4.78, 5) is 20.3. The molecule has 3 aromatic rings. The summed E-state index contributed by atoms with van der Waals surface area (Å²) in [5.41, 5.74) is 2.05.